The minimum atomic E-state index is -5.79. The van der Waals surface area contributed by atoms with Gasteiger partial charge in [-0.3, -0.25) is 4.79 Å². The molecule has 0 spiro atoms. The van der Waals surface area contributed by atoms with E-state index in [1.165, 1.54) is 0 Å². The zero-order valence-electron chi connectivity index (χ0n) is 14.0. The predicted octanol–water partition coefficient (Wildman–Crippen LogP) is 4.79. The summed E-state index contributed by atoms with van der Waals surface area (Å²) in [6.07, 6.45) is -11.4. The fourth-order valence-corrected chi connectivity index (χ4v) is 4.39. The summed E-state index contributed by atoms with van der Waals surface area (Å²) in [5.74, 6) is -3.01. The molecule has 2 aliphatic carbocycles. The Hall–Kier alpha value is -0.260. The average Bonchev–Trinajstić information content (AvgIpc) is 2.93. The van der Waals surface area contributed by atoms with Crippen LogP contribution in [0.4, 0.5) is 26.3 Å². The Morgan fingerprint density at radius 1 is 1.12 bits per heavy atom. The van der Waals surface area contributed by atoms with Gasteiger partial charge in [-0.15, -0.1) is 0 Å². The second-order valence-corrected chi connectivity index (χ2v) is 8.63. The molecule has 0 radical (unpaired) electrons. The van der Waals surface area contributed by atoms with Gasteiger partial charge in [0.1, 0.15) is 10.0 Å². The zero-order valence-corrected chi connectivity index (χ0v) is 16.2. The molecule has 152 valence electrons. The van der Waals surface area contributed by atoms with Crippen LogP contribution < -0.4 is 0 Å². The molecule has 2 fully saturated rings. The van der Waals surface area contributed by atoms with Crippen molar-refractivity contribution >= 4 is 28.6 Å². The SMILES string of the molecule is CCC(I)C(=O)OC1CCC2CC(C(O)(C(F)(F)F)C(F)(F)F)CCC21. The van der Waals surface area contributed by atoms with Gasteiger partial charge in [-0.05, 0) is 50.4 Å². The number of carbonyl (C=O) groups excluding carboxylic acids is 1. The van der Waals surface area contributed by atoms with Crippen LogP contribution in [-0.2, 0) is 9.53 Å². The molecule has 0 bridgehead atoms. The lowest BCUT2D eigenvalue weighted by Gasteiger charge is -2.43. The van der Waals surface area contributed by atoms with E-state index in [-0.39, 0.29) is 22.7 Å². The Bertz CT molecular complexity index is 507. The summed E-state index contributed by atoms with van der Waals surface area (Å²) in [4.78, 5) is 11.9. The molecule has 3 nitrogen and oxygen atoms in total. The second kappa shape index (κ2) is 7.63. The van der Waals surface area contributed by atoms with Gasteiger partial charge in [-0.2, -0.15) is 26.3 Å². The van der Waals surface area contributed by atoms with Crippen LogP contribution in [0, 0.1) is 17.8 Å². The number of ether oxygens (including phenoxy) is 1. The Morgan fingerprint density at radius 3 is 2.19 bits per heavy atom. The van der Waals surface area contributed by atoms with Crippen molar-refractivity contribution in [3.8, 4) is 0 Å². The largest absolute Gasteiger partial charge is 0.461 e. The van der Waals surface area contributed by atoms with Crippen LogP contribution in [0.25, 0.3) is 0 Å². The summed E-state index contributed by atoms with van der Waals surface area (Å²) in [6, 6.07) is 0. The molecule has 2 aliphatic rings. The van der Waals surface area contributed by atoms with Crippen LogP contribution in [0.3, 0.4) is 0 Å². The maximum Gasteiger partial charge on any atom is 0.426 e. The molecule has 0 aromatic heterocycles. The van der Waals surface area contributed by atoms with Gasteiger partial charge in [-0.1, -0.05) is 29.5 Å². The molecule has 0 saturated heterocycles. The van der Waals surface area contributed by atoms with E-state index < -0.39 is 48.3 Å². The van der Waals surface area contributed by atoms with E-state index in [0.29, 0.717) is 19.3 Å². The molecule has 0 amide bonds. The molecular formula is C16H21F6IO3. The molecule has 26 heavy (non-hydrogen) atoms. The summed E-state index contributed by atoms with van der Waals surface area (Å²) >= 11 is 1.94. The molecule has 0 aromatic rings. The Kier molecular flexibility index (Phi) is 6.47. The standard InChI is InChI=1S/C16H21F6IO3/c1-2-11(23)13(24)26-12-6-3-8-7-9(4-5-10(8)12)14(25,15(17,18)19)16(20,21)22/h8-12,25H,2-7H2,1H3. The maximum atomic E-state index is 13.1. The van der Waals surface area contributed by atoms with Crippen molar-refractivity contribution in [2.75, 3.05) is 0 Å². The van der Waals surface area contributed by atoms with Gasteiger partial charge in [0.15, 0.2) is 0 Å². The summed E-state index contributed by atoms with van der Waals surface area (Å²) in [7, 11) is 0. The number of hydrogen-bond acceptors (Lipinski definition) is 3. The van der Waals surface area contributed by atoms with Crippen molar-refractivity contribution < 1.29 is 41.0 Å². The van der Waals surface area contributed by atoms with E-state index in [1.54, 1.807) is 0 Å². The highest BCUT2D eigenvalue weighted by atomic mass is 127. The molecule has 2 saturated carbocycles. The predicted molar refractivity (Wildman–Crippen MR) is 88.6 cm³/mol. The van der Waals surface area contributed by atoms with Crippen LogP contribution in [0.5, 0.6) is 0 Å². The monoisotopic (exact) mass is 502 g/mol. The van der Waals surface area contributed by atoms with Gasteiger partial charge >= 0.3 is 18.3 Å². The number of carbonyl (C=O) groups is 1. The molecule has 2 rings (SSSR count). The molecule has 0 heterocycles. The highest BCUT2D eigenvalue weighted by Crippen LogP contribution is 2.55. The van der Waals surface area contributed by atoms with Crippen molar-refractivity contribution in [1.29, 1.82) is 0 Å². The minimum Gasteiger partial charge on any atom is -0.461 e. The van der Waals surface area contributed by atoms with Crippen LogP contribution in [0.1, 0.15) is 45.4 Å². The van der Waals surface area contributed by atoms with E-state index in [1.807, 2.05) is 29.5 Å². The van der Waals surface area contributed by atoms with Gasteiger partial charge in [0.05, 0.1) is 0 Å². The quantitative estimate of drug-likeness (QED) is 0.260. The average molecular weight is 502 g/mol. The fraction of sp³-hybridized carbons (Fsp3) is 0.938. The number of aliphatic hydroxyl groups is 1. The van der Waals surface area contributed by atoms with Crippen LogP contribution in [-0.4, -0.2) is 39.1 Å². The summed E-state index contributed by atoms with van der Waals surface area (Å²) in [5, 5.41) is 9.61. The summed E-state index contributed by atoms with van der Waals surface area (Å²) < 4.78 is 83.5. The van der Waals surface area contributed by atoms with Gasteiger partial charge in [0.2, 0.25) is 0 Å². The molecule has 1 N–H and O–H groups in total. The third-order valence-corrected chi connectivity index (χ3v) is 7.07. The fourth-order valence-electron chi connectivity index (χ4n) is 4.24. The van der Waals surface area contributed by atoms with Crippen LogP contribution in [0.2, 0.25) is 0 Å². The van der Waals surface area contributed by atoms with E-state index >= 15 is 0 Å². The van der Waals surface area contributed by atoms with Gasteiger partial charge in [-0.25, -0.2) is 0 Å². The normalized spacial score (nSPS) is 31.4. The first kappa shape index (κ1) is 22.0. The number of fused-ring (bicyclic) bond motifs is 1. The first-order valence-electron chi connectivity index (χ1n) is 8.53. The molecule has 5 unspecified atom stereocenters. The summed E-state index contributed by atoms with van der Waals surface area (Å²) in [6.45, 7) is 1.82. The highest BCUT2D eigenvalue weighted by Gasteiger charge is 2.74. The lowest BCUT2D eigenvalue weighted by atomic mass is 9.68. The topological polar surface area (TPSA) is 46.5 Å². The molecule has 0 aliphatic heterocycles. The van der Waals surface area contributed by atoms with Crippen LogP contribution in [0.15, 0.2) is 0 Å². The number of halogens is 7. The number of rotatable bonds is 4. The van der Waals surface area contributed by atoms with E-state index in [0.717, 1.165) is 0 Å². The zero-order chi connectivity index (χ0) is 19.9. The Morgan fingerprint density at radius 2 is 1.69 bits per heavy atom. The Balaban J connectivity index is 2.11. The van der Waals surface area contributed by atoms with Gasteiger partial charge in [0, 0.05) is 5.92 Å². The Labute approximate surface area is 161 Å². The third-order valence-electron chi connectivity index (χ3n) is 5.68. The first-order chi connectivity index (χ1) is 11.8. The van der Waals surface area contributed by atoms with E-state index in [2.05, 4.69) is 0 Å². The minimum absolute atomic E-state index is 0.0692. The second-order valence-electron chi connectivity index (χ2n) is 7.12. The maximum absolute atomic E-state index is 13.1. The molecule has 10 heteroatoms. The summed E-state index contributed by atoms with van der Waals surface area (Å²) in [5.41, 5.74) is -4.70. The van der Waals surface area contributed by atoms with Gasteiger partial charge in [0.25, 0.3) is 5.60 Å². The third kappa shape index (κ3) is 3.95. The van der Waals surface area contributed by atoms with Crippen LogP contribution >= 0.6 is 22.6 Å². The highest BCUT2D eigenvalue weighted by molar-refractivity contribution is 14.1. The van der Waals surface area contributed by atoms with Crippen molar-refractivity contribution in [1.82, 2.24) is 0 Å². The van der Waals surface area contributed by atoms with E-state index in [9.17, 15) is 36.2 Å². The lowest BCUT2D eigenvalue weighted by molar-refractivity contribution is -0.388. The lowest BCUT2D eigenvalue weighted by Crippen LogP contribution is -2.62. The van der Waals surface area contributed by atoms with Crippen molar-refractivity contribution in [3.05, 3.63) is 0 Å². The van der Waals surface area contributed by atoms with Crippen molar-refractivity contribution in [2.45, 2.75) is 73.4 Å². The van der Waals surface area contributed by atoms with E-state index in [4.69, 9.17) is 4.74 Å². The van der Waals surface area contributed by atoms with Crippen molar-refractivity contribution in [2.24, 2.45) is 17.8 Å². The number of hydrogen-bond donors (Lipinski definition) is 1. The van der Waals surface area contributed by atoms with Crippen molar-refractivity contribution in [3.63, 3.8) is 0 Å². The first-order valence-corrected chi connectivity index (χ1v) is 9.77. The molecular weight excluding hydrogens is 481 g/mol. The van der Waals surface area contributed by atoms with Gasteiger partial charge < -0.3 is 9.84 Å². The molecule has 5 atom stereocenters. The smallest absolute Gasteiger partial charge is 0.426 e. The number of alkyl halides is 7. The number of esters is 1. The molecule has 0 aromatic carbocycles.